The number of rotatable bonds is 4. The van der Waals surface area contributed by atoms with E-state index in [-0.39, 0.29) is 0 Å². The first-order valence-corrected chi connectivity index (χ1v) is 23.5. The van der Waals surface area contributed by atoms with Crippen LogP contribution in [0.1, 0.15) is 62.3 Å². The molecule has 0 rings (SSSR count). The highest BCUT2D eigenvalue weighted by molar-refractivity contribution is 7.15. The van der Waals surface area contributed by atoms with E-state index >= 15 is 0 Å². The lowest BCUT2D eigenvalue weighted by molar-refractivity contribution is 0.710. The third kappa shape index (κ3) is 5.21. The van der Waals surface area contributed by atoms with Crippen LogP contribution >= 0.6 is 0 Å². The van der Waals surface area contributed by atoms with Crippen molar-refractivity contribution in [3.8, 4) is 0 Å². The van der Waals surface area contributed by atoms with Gasteiger partial charge in [0.05, 0.1) is 32.3 Å². The predicted octanol–water partition coefficient (Wildman–Crippen LogP) is 9.30. The molecule has 0 aliphatic rings. The Labute approximate surface area is 178 Å². The van der Waals surface area contributed by atoms with Gasteiger partial charge in [0.15, 0.2) is 0 Å². The highest BCUT2D eigenvalue weighted by Gasteiger charge is 2.55. The minimum Gasteiger partial charge on any atom is -0.0983 e. The van der Waals surface area contributed by atoms with Gasteiger partial charge in [0.1, 0.15) is 0 Å². The second kappa shape index (κ2) is 7.38. The SMILES string of the molecule is CC(C)(C)[Si](C)(C)C(=C([Si](C)(C)C(C)(C)C)[Si](C)(C)C(C)(C)C)[Si](C)(C)C. The minimum absolute atomic E-state index is 0.394. The Morgan fingerprint density at radius 1 is 0.370 bits per heavy atom. The fourth-order valence-electron chi connectivity index (χ4n) is 4.16. The van der Waals surface area contributed by atoms with Gasteiger partial charge >= 0.3 is 0 Å². The number of hydrogen-bond donors (Lipinski definition) is 0. The summed E-state index contributed by atoms with van der Waals surface area (Å²) in [6.45, 7) is 46.9. The molecule has 0 saturated heterocycles. The van der Waals surface area contributed by atoms with Gasteiger partial charge in [-0.05, 0) is 15.1 Å². The molecule has 0 amide bonds. The van der Waals surface area contributed by atoms with Crippen molar-refractivity contribution >= 4 is 32.3 Å². The van der Waals surface area contributed by atoms with Gasteiger partial charge in [-0.15, -0.1) is 0 Å². The van der Waals surface area contributed by atoms with Crippen molar-refractivity contribution in [1.82, 2.24) is 0 Å². The van der Waals surface area contributed by atoms with Crippen LogP contribution in [-0.4, -0.2) is 32.3 Å². The van der Waals surface area contributed by atoms with Crippen LogP contribution in [0.3, 0.4) is 0 Å². The van der Waals surface area contributed by atoms with Crippen LogP contribution in [0, 0.1) is 0 Å². The quantitative estimate of drug-likeness (QED) is 0.380. The molecule has 0 heterocycles. The molecule has 0 radical (unpaired) electrons. The fourth-order valence-corrected chi connectivity index (χ4v) is 34.0. The first-order valence-electron chi connectivity index (χ1n) is 11.0. The Hall–Kier alpha value is 0.608. The molecule has 0 aromatic rings. The zero-order valence-corrected chi connectivity index (χ0v) is 26.5. The van der Waals surface area contributed by atoms with Crippen molar-refractivity contribution in [2.24, 2.45) is 0 Å². The summed E-state index contributed by atoms with van der Waals surface area (Å²) >= 11 is 0. The Kier molecular flexibility index (Phi) is 7.55. The van der Waals surface area contributed by atoms with Crippen molar-refractivity contribution < 1.29 is 0 Å². The third-order valence-electron chi connectivity index (χ3n) is 8.50. The third-order valence-corrected chi connectivity index (χ3v) is 34.9. The average molecular weight is 443 g/mol. The zero-order chi connectivity index (χ0) is 22.7. The first-order chi connectivity index (χ1) is 11.2. The van der Waals surface area contributed by atoms with Gasteiger partial charge in [0.2, 0.25) is 0 Å². The van der Waals surface area contributed by atoms with E-state index in [4.69, 9.17) is 0 Å². The van der Waals surface area contributed by atoms with E-state index in [1.165, 1.54) is 0 Å². The van der Waals surface area contributed by atoms with Crippen LogP contribution in [-0.2, 0) is 0 Å². The molecule has 0 spiro atoms. The molecule has 0 bridgehead atoms. The molecule has 162 valence electrons. The lowest BCUT2D eigenvalue weighted by atomic mass is 10.2. The molecule has 0 unspecified atom stereocenters. The van der Waals surface area contributed by atoms with Gasteiger partial charge in [-0.2, -0.15) is 0 Å². The summed E-state index contributed by atoms with van der Waals surface area (Å²) in [7, 11) is -6.32. The lowest BCUT2D eigenvalue weighted by Crippen LogP contribution is -2.60. The summed E-state index contributed by atoms with van der Waals surface area (Å²) in [6.07, 6.45) is 0. The molecule has 0 aliphatic carbocycles. The van der Waals surface area contributed by atoms with Crippen molar-refractivity contribution in [2.45, 2.75) is 136 Å². The summed E-state index contributed by atoms with van der Waals surface area (Å²) in [6, 6.07) is 0. The van der Waals surface area contributed by atoms with E-state index < -0.39 is 32.3 Å². The maximum Gasteiger partial charge on any atom is 0.0755 e. The Bertz CT molecular complexity index is 537. The van der Waals surface area contributed by atoms with Gasteiger partial charge < -0.3 is 0 Å². The van der Waals surface area contributed by atoms with Gasteiger partial charge in [-0.25, -0.2) is 0 Å². The second-order valence-electron chi connectivity index (χ2n) is 14.6. The summed E-state index contributed by atoms with van der Waals surface area (Å²) in [4.78, 5) is 4.13. The molecule has 4 heteroatoms. The van der Waals surface area contributed by atoms with E-state index in [0.717, 1.165) is 0 Å². The molecular formula is C23H54Si4. The standard InChI is InChI=1S/C23H54Si4/c1-21(2,3)25(13,14)19(24(10,11)12)20(26(15,16)22(4,5)6)27(17,18)23(7,8)9/h1-18H3. The predicted molar refractivity (Wildman–Crippen MR) is 142 cm³/mol. The zero-order valence-electron chi connectivity index (χ0n) is 22.5. The number of hydrogen-bond acceptors (Lipinski definition) is 0. The Balaban J connectivity index is 7.74. The van der Waals surface area contributed by atoms with Crippen LogP contribution in [0.15, 0.2) is 9.64 Å². The summed E-state index contributed by atoms with van der Waals surface area (Å²) < 4.78 is 0. The van der Waals surface area contributed by atoms with Crippen molar-refractivity contribution in [3.05, 3.63) is 9.64 Å². The summed E-state index contributed by atoms with van der Waals surface area (Å²) in [5.41, 5.74) is 0. The molecule has 0 aromatic carbocycles. The van der Waals surface area contributed by atoms with E-state index in [0.29, 0.717) is 15.1 Å². The molecule has 0 saturated carbocycles. The molecular weight excluding hydrogens is 389 g/mol. The van der Waals surface area contributed by atoms with Gasteiger partial charge in [-0.1, -0.05) is 131 Å². The molecule has 0 nitrogen and oxygen atoms in total. The van der Waals surface area contributed by atoms with E-state index in [9.17, 15) is 0 Å². The van der Waals surface area contributed by atoms with Crippen LogP contribution in [0.2, 0.25) is 74.0 Å². The highest BCUT2D eigenvalue weighted by Crippen LogP contribution is 2.55. The van der Waals surface area contributed by atoms with Crippen LogP contribution in [0.4, 0.5) is 0 Å². The van der Waals surface area contributed by atoms with Crippen LogP contribution < -0.4 is 0 Å². The van der Waals surface area contributed by atoms with Crippen molar-refractivity contribution in [2.75, 3.05) is 0 Å². The van der Waals surface area contributed by atoms with E-state index in [2.05, 4.69) is 131 Å². The summed E-state index contributed by atoms with van der Waals surface area (Å²) in [5.74, 6) is 0. The van der Waals surface area contributed by atoms with Crippen molar-refractivity contribution in [1.29, 1.82) is 0 Å². The average Bonchev–Trinajstić information content (AvgIpc) is 2.28. The van der Waals surface area contributed by atoms with Gasteiger partial charge in [-0.3, -0.25) is 0 Å². The maximum atomic E-state index is 2.70. The smallest absolute Gasteiger partial charge is 0.0755 e. The van der Waals surface area contributed by atoms with Gasteiger partial charge in [0.25, 0.3) is 0 Å². The fraction of sp³-hybridized carbons (Fsp3) is 0.913. The Morgan fingerprint density at radius 2 is 0.556 bits per heavy atom. The first kappa shape index (κ1) is 27.6. The van der Waals surface area contributed by atoms with E-state index in [1.54, 1.807) is 0 Å². The minimum atomic E-state index is -1.63. The second-order valence-corrected chi connectivity index (χ2v) is 36.4. The summed E-state index contributed by atoms with van der Waals surface area (Å²) in [5, 5.41) is 1.19. The normalized spacial score (nSPS) is 15.8. The molecule has 0 N–H and O–H groups in total. The molecule has 0 aromatic heterocycles. The molecule has 0 aliphatic heterocycles. The highest BCUT2D eigenvalue weighted by atomic mass is 28.4. The Morgan fingerprint density at radius 3 is 0.704 bits per heavy atom. The topological polar surface area (TPSA) is 0 Å². The van der Waals surface area contributed by atoms with E-state index in [1.807, 2.05) is 0 Å². The molecule has 27 heavy (non-hydrogen) atoms. The van der Waals surface area contributed by atoms with Crippen LogP contribution in [0.25, 0.3) is 0 Å². The lowest BCUT2D eigenvalue weighted by Gasteiger charge is -2.56. The largest absolute Gasteiger partial charge is 0.0983 e. The van der Waals surface area contributed by atoms with Crippen LogP contribution in [0.5, 0.6) is 0 Å². The van der Waals surface area contributed by atoms with Crippen molar-refractivity contribution in [3.63, 3.8) is 0 Å². The maximum absolute atomic E-state index is 2.70. The van der Waals surface area contributed by atoms with Gasteiger partial charge in [0, 0.05) is 0 Å². The molecule has 0 atom stereocenters. The molecule has 0 fully saturated rings. The monoisotopic (exact) mass is 442 g/mol.